The molecular formula is C20H22N3OS+. The molecule has 4 nitrogen and oxygen atoms in total. The number of nitrogens with one attached hydrogen (secondary N) is 2. The van der Waals surface area contributed by atoms with Crippen LogP contribution < -0.4 is 16.0 Å². The smallest absolute Gasteiger partial charge is 0.270 e. The van der Waals surface area contributed by atoms with E-state index in [1.165, 1.54) is 41.9 Å². The first-order valence-electron chi connectivity index (χ1n) is 8.76. The number of aromatic amines is 1. The number of amides is 1. The van der Waals surface area contributed by atoms with Gasteiger partial charge in [0, 0.05) is 17.7 Å². The maximum Gasteiger partial charge on any atom is 0.270 e. The van der Waals surface area contributed by atoms with E-state index in [-0.39, 0.29) is 5.91 Å². The Morgan fingerprint density at radius 3 is 2.72 bits per heavy atom. The van der Waals surface area contributed by atoms with Crippen LogP contribution in [0.3, 0.4) is 0 Å². The van der Waals surface area contributed by atoms with Gasteiger partial charge in [-0.15, -0.1) is 0 Å². The zero-order chi connectivity index (χ0) is 17.4. The molecular weight excluding hydrogens is 330 g/mol. The number of aryl methyl sites for hydroxylation is 3. The molecule has 1 aromatic carbocycles. The number of rotatable bonds is 2. The van der Waals surface area contributed by atoms with Crippen molar-refractivity contribution < 1.29 is 9.78 Å². The highest BCUT2D eigenvalue weighted by atomic mass is 32.1. The normalized spacial score (nSPS) is 14.1. The molecule has 0 saturated carbocycles. The largest absolute Gasteiger partial charge is 0.397 e. The number of nitrogen functional groups attached to an aromatic ring is 1. The molecule has 0 aliphatic heterocycles. The van der Waals surface area contributed by atoms with E-state index < -0.39 is 0 Å². The van der Waals surface area contributed by atoms with Crippen molar-refractivity contribution in [3.8, 4) is 0 Å². The summed E-state index contributed by atoms with van der Waals surface area (Å²) in [6, 6.07) is 9.96. The lowest BCUT2D eigenvalue weighted by Gasteiger charge is -2.04. The Hall–Kier alpha value is -2.40. The fourth-order valence-electron chi connectivity index (χ4n) is 3.40. The summed E-state index contributed by atoms with van der Waals surface area (Å²) in [4.78, 5) is 17.8. The van der Waals surface area contributed by atoms with Crippen molar-refractivity contribution in [1.82, 2.24) is 0 Å². The van der Waals surface area contributed by atoms with E-state index in [1.54, 1.807) is 0 Å². The van der Waals surface area contributed by atoms with E-state index in [4.69, 9.17) is 5.73 Å². The van der Waals surface area contributed by atoms with E-state index in [0.29, 0.717) is 10.6 Å². The van der Waals surface area contributed by atoms with Crippen molar-refractivity contribution in [3.63, 3.8) is 0 Å². The van der Waals surface area contributed by atoms with Crippen LogP contribution >= 0.6 is 11.3 Å². The van der Waals surface area contributed by atoms with Crippen LogP contribution in [0.25, 0.3) is 10.2 Å². The molecule has 1 amide bonds. The monoisotopic (exact) mass is 352 g/mol. The van der Waals surface area contributed by atoms with Gasteiger partial charge in [-0.2, -0.15) is 4.98 Å². The molecule has 0 bridgehead atoms. The van der Waals surface area contributed by atoms with Gasteiger partial charge in [-0.3, -0.25) is 4.79 Å². The predicted molar refractivity (Wildman–Crippen MR) is 103 cm³/mol. The fraction of sp³-hybridized carbons (Fsp3) is 0.300. The number of pyridine rings is 1. The van der Waals surface area contributed by atoms with Crippen molar-refractivity contribution in [3.05, 3.63) is 52.0 Å². The number of thiophene rings is 1. The van der Waals surface area contributed by atoms with Crippen LogP contribution in [0.15, 0.2) is 30.3 Å². The SMILES string of the molecule is Cc1ccc(NC(=O)c2sc3[nH+]c4c(cc3c2N)CCCCC4)cc1. The molecule has 0 saturated heterocycles. The molecule has 2 heterocycles. The van der Waals surface area contributed by atoms with Crippen LogP contribution in [0.4, 0.5) is 11.4 Å². The molecule has 0 unspecified atom stereocenters. The van der Waals surface area contributed by atoms with E-state index in [2.05, 4.69) is 16.4 Å². The summed E-state index contributed by atoms with van der Waals surface area (Å²) < 4.78 is 0. The number of nitrogens with two attached hydrogens (primary N) is 1. The molecule has 4 N–H and O–H groups in total. The van der Waals surface area contributed by atoms with Crippen molar-refractivity contribution in [2.45, 2.75) is 39.0 Å². The highest BCUT2D eigenvalue weighted by Gasteiger charge is 2.23. The Bertz CT molecular complexity index is 944. The van der Waals surface area contributed by atoms with Crippen LogP contribution in [0.2, 0.25) is 0 Å². The van der Waals surface area contributed by atoms with E-state index in [1.807, 2.05) is 31.2 Å². The number of hydrogen-bond donors (Lipinski definition) is 2. The lowest BCUT2D eigenvalue weighted by molar-refractivity contribution is -0.355. The summed E-state index contributed by atoms with van der Waals surface area (Å²) in [5.41, 5.74) is 11.5. The molecule has 1 aliphatic rings. The number of aromatic nitrogens is 1. The summed E-state index contributed by atoms with van der Waals surface area (Å²) >= 11 is 1.44. The zero-order valence-corrected chi connectivity index (χ0v) is 15.1. The molecule has 1 aliphatic carbocycles. The Labute approximate surface area is 151 Å². The molecule has 3 aromatic rings. The average molecular weight is 352 g/mol. The second-order valence-electron chi connectivity index (χ2n) is 6.74. The topological polar surface area (TPSA) is 69.3 Å². The van der Waals surface area contributed by atoms with Gasteiger partial charge in [0.1, 0.15) is 4.88 Å². The van der Waals surface area contributed by atoms with Crippen molar-refractivity contribution in [2.24, 2.45) is 0 Å². The van der Waals surface area contributed by atoms with Gasteiger partial charge in [0.05, 0.1) is 11.1 Å². The van der Waals surface area contributed by atoms with Gasteiger partial charge in [-0.05, 0) is 44.4 Å². The summed E-state index contributed by atoms with van der Waals surface area (Å²) in [6.45, 7) is 2.02. The number of fused-ring (bicyclic) bond motifs is 2. The molecule has 0 radical (unpaired) electrons. The third-order valence-corrected chi connectivity index (χ3v) is 5.98. The van der Waals surface area contributed by atoms with Crippen LogP contribution in [-0.4, -0.2) is 5.91 Å². The molecule has 0 fully saturated rings. The Morgan fingerprint density at radius 1 is 1.16 bits per heavy atom. The average Bonchev–Trinajstić information content (AvgIpc) is 2.78. The van der Waals surface area contributed by atoms with E-state index >= 15 is 0 Å². The first-order valence-corrected chi connectivity index (χ1v) is 9.57. The number of carbonyl (C=O) groups excluding carboxylic acids is 1. The van der Waals surface area contributed by atoms with Gasteiger partial charge in [-0.1, -0.05) is 35.5 Å². The van der Waals surface area contributed by atoms with E-state index in [9.17, 15) is 4.79 Å². The van der Waals surface area contributed by atoms with Gasteiger partial charge < -0.3 is 11.1 Å². The maximum atomic E-state index is 12.7. The van der Waals surface area contributed by atoms with Gasteiger partial charge in [0.2, 0.25) is 0 Å². The predicted octanol–water partition coefficient (Wildman–Crippen LogP) is 4.13. The minimum absolute atomic E-state index is 0.147. The summed E-state index contributed by atoms with van der Waals surface area (Å²) in [7, 11) is 0. The minimum Gasteiger partial charge on any atom is -0.397 e. The second kappa shape index (κ2) is 6.48. The molecule has 0 atom stereocenters. The van der Waals surface area contributed by atoms with Gasteiger partial charge >= 0.3 is 0 Å². The maximum absolute atomic E-state index is 12.7. The highest BCUT2D eigenvalue weighted by molar-refractivity contribution is 7.20. The third kappa shape index (κ3) is 3.12. The van der Waals surface area contributed by atoms with Crippen LogP contribution in [0.1, 0.15) is 45.8 Å². The third-order valence-electron chi connectivity index (χ3n) is 4.84. The summed E-state index contributed by atoms with van der Waals surface area (Å²) in [5.74, 6) is -0.147. The molecule has 128 valence electrons. The molecule has 25 heavy (non-hydrogen) atoms. The van der Waals surface area contributed by atoms with Gasteiger partial charge in [-0.25, -0.2) is 0 Å². The number of anilines is 2. The lowest BCUT2D eigenvalue weighted by Crippen LogP contribution is -2.13. The minimum atomic E-state index is -0.147. The Kier molecular flexibility index (Phi) is 4.17. The Balaban J connectivity index is 1.68. The molecule has 2 aromatic heterocycles. The molecule has 5 heteroatoms. The second-order valence-corrected chi connectivity index (χ2v) is 7.76. The van der Waals surface area contributed by atoms with Crippen molar-refractivity contribution in [2.75, 3.05) is 11.1 Å². The number of carbonyl (C=O) groups is 1. The van der Waals surface area contributed by atoms with Crippen molar-refractivity contribution >= 4 is 38.8 Å². The van der Waals surface area contributed by atoms with Crippen LogP contribution in [0, 0.1) is 6.92 Å². The molecule has 0 spiro atoms. The number of H-pyrrole nitrogens is 1. The number of hydrogen-bond acceptors (Lipinski definition) is 3. The lowest BCUT2D eigenvalue weighted by atomic mass is 10.1. The molecule has 4 rings (SSSR count). The zero-order valence-electron chi connectivity index (χ0n) is 14.3. The summed E-state index contributed by atoms with van der Waals surface area (Å²) in [5, 5.41) is 3.92. The fourth-order valence-corrected chi connectivity index (χ4v) is 4.43. The van der Waals surface area contributed by atoms with E-state index in [0.717, 1.165) is 34.3 Å². The van der Waals surface area contributed by atoms with Gasteiger partial charge in [0.25, 0.3) is 10.7 Å². The summed E-state index contributed by atoms with van der Waals surface area (Å²) in [6.07, 6.45) is 5.87. The first-order chi connectivity index (χ1) is 12.1. The first kappa shape index (κ1) is 16.1. The van der Waals surface area contributed by atoms with Gasteiger partial charge in [0.15, 0.2) is 5.69 Å². The van der Waals surface area contributed by atoms with Crippen LogP contribution in [0.5, 0.6) is 0 Å². The quantitative estimate of drug-likeness (QED) is 0.681. The number of benzene rings is 1. The highest BCUT2D eigenvalue weighted by Crippen LogP contribution is 2.33. The van der Waals surface area contributed by atoms with Crippen molar-refractivity contribution in [1.29, 1.82) is 0 Å². The van der Waals surface area contributed by atoms with Crippen LogP contribution in [-0.2, 0) is 12.8 Å². The standard InChI is InChI=1S/C20H21N3OS/c1-12-7-9-14(10-8-12)22-19(24)18-17(21)15-11-13-5-3-2-4-6-16(13)23-20(15)25-18/h7-11H,2-6,21H2,1H3,(H,22,24)/p+1. The Morgan fingerprint density at radius 2 is 1.92 bits per heavy atom.